The van der Waals surface area contributed by atoms with Gasteiger partial charge in [0.05, 0.1) is 16.3 Å². The van der Waals surface area contributed by atoms with Crippen molar-refractivity contribution in [1.82, 2.24) is 15.1 Å². The Morgan fingerprint density at radius 3 is 2.61 bits per heavy atom. The number of hydrogen-bond acceptors (Lipinski definition) is 3. The number of rotatable bonds is 6. The van der Waals surface area contributed by atoms with Crippen molar-refractivity contribution in [2.45, 2.75) is 19.9 Å². The van der Waals surface area contributed by atoms with E-state index in [1.54, 1.807) is 6.07 Å². The van der Waals surface area contributed by atoms with Crippen LogP contribution in [0.1, 0.15) is 22.3 Å². The summed E-state index contributed by atoms with van der Waals surface area (Å²) in [6.07, 6.45) is 0.460. The number of nitrogens with zero attached hydrogens (tertiary/aromatic N) is 2. The third-order valence-electron chi connectivity index (χ3n) is 4.24. The number of nitrogens with one attached hydrogen (secondary N) is 1. The Labute approximate surface area is 166 Å². The van der Waals surface area contributed by atoms with Gasteiger partial charge in [0.25, 0.3) is 11.5 Å². The predicted molar refractivity (Wildman–Crippen MR) is 107 cm³/mol. The number of halogens is 2. The lowest BCUT2D eigenvalue weighted by atomic mass is 10.1. The van der Waals surface area contributed by atoms with E-state index in [1.165, 1.54) is 28.9 Å². The van der Waals surface area contributed by atoms with Crippen LogP contribution in [0.15, 0.2) is 59.4 Å². The van der Waals surface area contributed by atoms with Crippen molar-refractivity contribution in [1.29, 1.82) is 0 Å². The van der Waals surface area contributed by atoms with Gasteiger partial charge < -0.3 is 5.32 Å². The molecule has 0 saturated carbocycles. The molecular weight excluding hydrogens is 381 g/mol. The highest BCUT2D eigenvalue weighted by Gasteiger charge is 2.15. The first-order valence-electron chi connectivity index (χ1n) is 8.83. The van der Waals surface area contributed by atoms with Crippen LogP contribution in [0.5, 0.6) is 0 Å². The maximum atomic E-state index is 13.8. The average molecular weight is 400 g/mol. The number of amides is 1. The summed E-state index contributed by atoms with van der Waals surface area (Å²) in [6.45, 7) is 2.58. The Morgan fingerprint density at radius 2 is 1.89 bits per heavy atom. The summed E-state index contributed by atoms with van der Waals surface area (Å²) in [5, 5.41) is 7.06. The summed E-state index contributed by atoms with van der Waals surface area (Å²) < 4.78 is 15.1. The molecule has 7 heteroatoms. The minimum Gasteiger partial charge on any atom is -0.352 e. The van der Waals surface area contributed by atoms with Crippen molar-refractivity contribution in [3.63, 3.8) is 0 Å². The SMILES string of the molecule is Cc1ccc(-c2ccc(=O)n(CCCNC(=O)c3c(F)cccc3Cl)n2)cc1. The third kappa shape index (κ3) is 4.64. The quantitative estimate of drug-likeness (QED) is 0.641. The first-order chi connectivity index (χ1) is 13.5. The number of carbonyl (C=O) groups excluding carboxylic acids is 1. The van der Waals surface area contributed by atoms with E-state index >= 15 is 0 Å². The largest absolute Gasteiger partial charge is 0.352 e. The van der Waals surface area contributed by atoms with Crippen LogP contribution in [-0.4, -0.2) is 22.2 Å². The van der Waals surface area contributed by atoms with Crippen molar-refractivity contribution in [3.05, 3.63) is 86.9 Å². The van der Waals surface area contributed by atoms with Crippen LogP contribution in [0, 0.1) is 12.7 Å². The summed E-state index contributed by atoms with van der Waals surface area (Å²) >= 11 is 5.88. The fourth-order valence-electron chi connectivity index (χ4n) is 2.72. The van der Waals surface area contributed by atoms with Gasteiger partial charge in [-0.25, -0.2) is 9.07 Å². The molecule has 3 aromatic rings. The molecule has 0 fully saturated rings. The van der Waals surface area contributed by atoms with Gasteiger partial charge in [0.1, 0.15) is 5.82 Å². The average Bonchev–Trinajstić information content (AvgIpc) is 2.67. The predicted octanol–water partition coefficient (Wildman–Crippen LogP) is 3.83. The highest BCUT2D eigenvalue weighted by Crippen LogP contribution is 2.18. The lowest BCUT2D eigenvalue weighted by Crippen LogP contribution is -2.28. The Balaban J connectivity index is 1.62. The summed E-state index contributed by atoms with van der Waals surface area (Å²) in [5.74, 6) is -1.26. The van der Waals surface area contributed by atoms with Gasteiger partial charge in [0.2, 0.25) is 0 Å². The second-order valence-electron chi connectivity index (χ2n) is 6.35. The molecule has 3 rings (SSSR count). The van der Waals surface area contributed by atoms with Crippen LogP contribution >= 0.6 is 11.6 Å². The lowest BCUT2D eigenvalue weighted by molar-refractivity contribution is 0.0948. The van der Waals surface area contributed by atoms with Crippen molar-refractivity contribution >= 4 is 17.5 Å². The zero-order chi connectivity index (χ0) is 20.1. The first-order valence-corrected chi connectivity index (χ1v) is 9.21. The van der Waals surface area contributed by atoms with Crippen molar-refractivity contribution in [2.24, 2.45) is 0 Å². The molecule has 0 unspecified atom stereocenters. The molecule has 0 radical (unpaired) electrons. The second-order valence-corrected chi connectivity index (χ2v) is 6.76. The monoisotopic (exact) mass is 399 g/mol. The van der Waals surface area contributed by atoms with E-state index in [0.29, 0.717) is 18.7 Å². The molecule has 5 nitrogen and oxygen atoms in total. The van der Waals surface area contributed by atoms with Crippen LogP contribution in [0.3, 0.4) is 0 Å². The second kappa shape index (κ2) is 8.80. The minimum absolute atomic E-state index is 0.0567. The topological polar surface area (TPSA) is 64.0 Å². The Bertz CT molecular complexity index is 1030. The normalized spacial score (nSPS) is 10.7. The van der Waals surface area contributed by atoms with Gasteiger partial charge in [-0.2, -0.15) is 5.10 Å². The lowest BCUT2D eigenvalue weighted by Gasteiger charge is -2.09. The standard InChI is InChI=1S/C21H19ClFN3O2/c1-14-6-8-15(9-7-14)18-10-11-19(27)26(25-18)13-3-12-24-21(28)20-16(22)4-2-5-17(20)23/h2,4-11H,3,12-13H2,1H3,(H,24,28). The number of carbonyl (C=O) groups is 1. The summed E-state index contributed by atoms with van der Waals surface area (Å²) in [4.78, 5) is 24.2. The van der Waals surface area contributed by atoms with Crippen LogP contribution in [0.25, 0.3) is 11.3 Å². The molecule has 0 spiro atoms. The van der Waals surface area contributed by atoms with Gasteiger partial charge in [0, 0.05) is 24.7 Å². The zero-order valence-electron chi connectivity index (χ0n) is 15.3. The highest BCUT2D eigenvalue weighted by molar-refractivity contribution is 6.33. The van der Waals surface area contributed by atoms with E-state index in [1.807, 2.05) is 31.2 Å². The van der Waals surface area contributed by atoms with E-state index < -0.39 is 11.7 Å². The van der Waals surface area contributed by atoms with Gasteiger partial charge in [-0.15, -0.1) is 0 Å². The summed E-state index contributed by atoms with van der Waals surface area (Å²) in [6, 6.07) is 15.1. The first kappa shape index (κ1) is 19.8. The summed E-state index contributed by atoms with van der Waals surface area (Å²) in [7, 11) is 0. The fourth-order valence-corrected chi connectivity index (χ4v) is 2.97. The smallest absolute Gasteiger partial charge is 0.266 e. The Kier molecular flexibility index (Phi) is 6.21. The van der Waals surface area contributed by atoms with E-state index in [0.717, 1.165) is 11.1 Å². The van der Waals surface area contributed by atoms with Crippen molar-refractivity contribution < 1.29 is 9.18 Å². The summed E-state index contributed by atoms with van der Waals surface area (Å²) in [5.41, 5.74) is 2.35. The molecule has 0 saturated heterocycles. The van der Waals surface area contributed by atoms with E-state index in [4.69, 9.17) is 11.6 Å². The molecule has 1 heterocycles. The van der Waals surface area contributed by atoms with E-state index in [-0.39, 0.29) is 22.7 Å². The van der Waals surface area contributed by atoms with Crippen molar-refractivity contribution in [3.8, 4) is 11.3 Å². The molecule has 0 aliphatic carbocycles. The van der Waals surface area contributed by atoms with Gasteiger partial charge >= 0.3 is 0 Å². The van der Waals surface area contributed by atoms with Crippen LogP contribution in [-0.2, 0) is 6.54 Å². The molecule has 28 heavy (non-hydrogen) atoms. The Morgan fingerprint density at radius 1 is 1.14 bits per heavy atom. The van der Waals surface area contributed by atoms with Crippen molar-refractivity contribution in [2.75, 3.05) is 6.54 Å². The molecule has 1 aromatic heterocycles. The number of aromatic nitrogens is 2. The highest BCUT2D eigenvalue weighted by atomic mass is 35.5. The number of benzene rings is 2. The van der Waals surface area contributed by atoms with Gasteiger partial charge in [0.15, 0.2) is 0 Å². The van der Waals surface area contributed by atoms with Crippen LogP contribution < -0.4 is 10.9 Å². The number of hydrogen-bond donors (Lipinski definition) is 1. The fraction of sp³-hybridized carbons (Fsp3) is 0.190. The molecular formula is C21H19ClFN3O2. The maximum absolute atomic E-state index is 13.8. The van der Waals surface area contributed by atoms with Crippen LogP contribution in [0.4, 0.5) is 4.39 Å². The molecule has 0 bridgehead atoms. The van der Waals surface area contributed by atoms with E-state index in [9.17, 15) is 14.0 Å². The molecule has 2 aromatic carbocycles. The van der Waals surface area contributed by atoms with Crippen LogP contribution in [0.2, 0.25) is 5.02 Å². The molecule has 0 aliphatic rings. The minimum atomic E-state index is -0.673. The maximum Gasteiger partial charge on any atom is 0.266 e. The molecule has 1 amide bonds. The molecule has 144 valence electrons. The van der Waals surface area contributed by atoms with Gasteiger partial charge in [-0.1, -0.05) is 47.5 Å². The molecule has 0 atom stereocenters. The van der Waals surface area contributed by atoms with E-state index in [2.05, 4.69) is 10.4 Å². The molecule has 1 N–H and O–H groups in total. The number of aryl methyl sites for hydroxylation is 2. The Hall–Kier alpha value is -2.99. The van der Waals surface area contributed by atoms with Gasteiger partial charge in [-0.05, 0) is 31.5 Å². The van der Waals surface area contributed by atoms with Gasteiger partial charge in [-0.3, -0.25) is 9.59 Å². The zero-order valence-corrected chi connectivity index (χ0v) is 16.0. The molecule has 0 aliphatic heterocycles. The third-order valence-corrected chi connectivity index (χ3v) is 4.55.